The van der Waals surface area contributed by atoms with Gasteiger partial charge in [-0.2, -0.15) is 4.31 Å². The molecule has 1 atom stereocenters. The summed E-state index contributed by atoms with van der Waals surface area (Å²) in [6.07, 6.45) is 0. The highest BCUT2D eigenvalue weighted by atomic mass is 32.2. The molecule has 0 spiro atoms. The first kappa shape index (κ1) is 16.3. The average Bonchev–Trinajstić information content (AvgIpc) is 2.31. The second kappa shape index (κ2) is 5.26. The molecule has 0 aliphatic carbocycles. The summed E-state index contributed by atoms with van der Waals surface area (Å²) >= 11 is 0. The lowest BCUT2D eigenvalue weighted by atomic mass is 10.1. The first-order chi connectivity index (χ1) is 9.54. The summed E-state index contributed by atoms with van der Waals surface area (Å²) < 4.78 is 50.1. The zero-order valence-electron chi connectivity index (χ0n) is 12.3. The summed E-state index contributed by atoms with van der Waals surface area (Å²) in [5.41, 5.74) is 7.58. The summed E-state index contributed by atoms with van der Waals surface area (Å²) in [5, 5.41) is 0. The Morgan fingerprint density at radius 2 is 1.90 bits per heavy atom. The number of aryl methyl sites for hydroxylation is 1. The van der Waals surface area contributed by atoms with Crippen molar-refractivity contribution in [1.82, 2.24) is 4.31 Å². The third kappa shape index (κ3) is 3.07. The number of nitrogen functional groups attached to an aromatic ring is 1. The molecule has 8 heteroatoms. The minimum Gasteiger partial charge on any atom is -0.399 e. The highest BCUT2D eigenvalue weighted by Gasteiger charge is 2.37. The van der Waals surface area contributed by atoms with Gasteiger partial charge in [-0.1, -0.05) is 0 Å². The average molecular weight is 332 g/mol. The molecule has 0 bridgehead atoms. The van der Waals surface area contributed by atoms with Crippen molar-refractivity contribution in [3.63, 3.8) is 0 Å². The maximum absolute atomic E-state index is 12.8. The van der Waals surface area contributed by atoms with Crippen molar-refractivity contribution in [3.8, 4) is 0 Å². The fraction of sp³-hybridized carbons (Fsp3) is 0.538. The molecule has 2 rings (SSSR count). The summed E-state index contributed by atoms with van der Waals surface area (Å²) in [5.74, 6) is -0.288. The Kier molecular flexibility index (Phi) is 4.07. The van der Waals surface area contributed by atoms with Crippen LogP contribution in [0.15, 0.2) is 17.0 Å². The minimum atomic E-state index is -3.75. The predicted octanol–water partition coefficient (Wildman–Crippen LogP) is 0.693. The summed E-state index contributed by atoms with van der Waals surface area (Å²) in [6.45, 7) is 5.13. The van der Waals surface area contributed by atoms with E-state index in [1.807, 2.05) is 0 Å². The van der Waals surface area contributed by atoms with Crippen LogP contribution in [0.5, 0.6) is 0 Å². The van der Waals surface area contributed by atoms with E-state index >= 15 is 0 Å². The molecule has 118 valence electrons. The number of nitrogens with two attached hydrogens (primary N) is 1. The van der Waals surface area contributed by atoms with Crippen LogP contribution in [-0.4, -0.2) is 45.2 Å². The number of nitrogens with zero attached hydrogens (tertiary/aromatic N) is 1. The highest BCUT2D eigenvalue weighted by Crippen LogP contribution is 2.28. The van der Waals surface area contributed by atoms with E-state index in [4.69, 9.17) is 5.73 Å². The van der Waals surface area contributed by atoms with Gasteiger partial charge < -0.3 is 5.73 Å². The lowest BCUT2D eigenvalue weighted by Gasteiger charge is -2.32. The summed E-state index contributed by atoms with van der Waals surface area (Å²) in [4.78, 5) is 0.158. The van der Waals surface area contributed by atoms with Gasteiger partial charge in [0.15, 0.2) is 9.84 Å². The molecule has 1 aliphatic heterocycles. The second-order valence-corrected chi connectivity index (χ2v) is 9.63. The third-order valence-electron chi connectivity index (χ3n) is 3.84. The molecule has 0 radical (unpaired) electrons. The lowest BCUT2D eigenvalue weighted by molar-refractivity contribution is 0.356. The van der Waals surface area contributed by atoms with E-state index in [1.165, 1.54) is 10.4 Å². The molecule has 1 aromatic rings. The van der Waals surface area contributed by atoms with Crippen molar-refractivity contribution in [2.45, 2.75) is 31.7 Å². The Bertz CT molecular complexity index is 770. The van der Waals surface area contributed by atoms with Crippen molar-refractivity contribution >= 4 is 25.5 Å². The minimum absolute atomic E-state index is 0.0148. The Labute approximate surface area is 125 Å². The fourth-order valence-corrected chi connectivity index (χ4v) is 6.32. The molecular formula is C13H20N2O4S2. The van der Waals surface area contributed by atoms with Crippen LogP contribution in [0.4, 0.5) is 5.69 Å². The van der Waals surface area contributed by atoms with Crippen molar-refractivity contribution < 1.29 is 16.8 Å². The normalized spacial score (nSPS) is 23.1. The molecule has 21 heavy (non-hydrogen) atoms. The molecule has 0 aromatic heterocycles. The quantitative estimate of drug-likeness (QED) is 0.804. The van der Waals surface area contributed by atoms with E-state index in [-0.39, 0.29) is 22.9 Å². The topological polar surface area (TPSA) is 97.5 Å². The van der Waals surface area contributed by atoms with E-state index in [0.29, 0.717) is 11.3 Å². The van der Waals surface area contributed by atoms with Gasteiger partial charge in [0.2, 0.25) is 10.0 Å². The predicted molar refractivity (Wildman–Crippen MR) is 82.3 cm³/mol. The van der Waals surface area contributed by atoms with Crippen molar-refractivity contribution in [2.75, 3.05) is 23.8 Å². The molecule has 1 aliphatic rings. The van der Waals surface area contributed by atoms with E-state index in [9.17, 15) is 16.8 Å². The Morgan fingerprint density at radius 1 is 1.29 bits per heavy atom. The summed E-state index contributed by atoms with van der Waals surface area (Å²) in [6, 6.07) is 2.58. The standard InChI is InChI=1S/C13H20N2O4S2/c1-9-6-12(14)7-13(11(9)3)21(18,19)15-4-5-20(16,17)8-10(15)2/h6-7,10H,4-5,8,14H2,1-3H3. The molecule has 2 N–H and O–H groups in total. The van der Waals surface area contributed by atoms with Gasteiger partial charge in [0.25, 0.3) is 0 Å². The van der Waals surface area contributed by atoms with Gasteiger partial charge in [-0.05, 0) is 44.0 Å². The van der Waals surface area contributed by atoms with Gasteiger partial charge in [0, 0.05) is 18.3 Å². The number of rotatable bonds is 2. The number of hydrogen-bond donors (Lipinski definition) is 1. The van der Waals surface area contributed by atoms with E-state index in [2.05, 4.69) is 0 Å². The van der Waals surface area contributed by atoms with Crippen molar-refractivity contribution in [1.29, 1.82) is 0 Å². The number of sulfonamides is 1. The monoisotopic (exact) mass is 332 g/mol. The Balaban J connectivity index is 2.49. The molecule has 1 aromatic carbocycles. The largest absolute Gasteiger partial charge is 0.399 e. The maximum atomic E-state index is 12.8. The fourth-order valence-electron chi connectivity index (χ4n) is 2.59. The zero-order valence-corrected chi connectivity index (χ0v) is 14.0. The van der Waals surface area contributed by atoms with Gasteiger partial charge in [0.1, 0.15) is 0 Å². The SMILES string of the molecule is Cc1cc(N)cc(S(=O)(=O)N2CCS(=O)(=O)CC2C)c1C. The van der Waals surface area contributed by atoms with Crippen LogP contribution in [0.1, 0.15) is 18.1 Å². The van der Waals surface area contributed by atoms with Gasteiger partial charge in [-0.3, -0.25) is 0 Å². The van der Waals surface area contributed by atoms with Gasteiger partial charge in [-0.25, -0.2) is 16.8 Å². The molecule has 0 saturated carbocycles. The zero-order chi connectivity index (χ0) is 16.0. The summed E-state index contributed by atoms with van der Waals surface area (Å²) in [7, 11) is -6.91. The molecule has 0 amide bonds. The smallest absolute Gasteiger partial charge is 0.243 e. The van der Waals surface area contributed by atoms with Crippen LogP contribution in [0.2, 0.25) is 0 Å². The molecule has 1 unspecified atom stereocenters. The van der Waals surface area contributed by atoms with Gasteiger partial charge in [0.05, 0.1) is 16.4 Å². The van der Waals surface area contributed by atoms with Gasteiger partial charge >= 0.3 is 0 Å². The van der Waals surface area contributed by atoms with Crippen LogP contribution in [-0.2, 0) is 19.9 Å². The van der Waals surface area contributed by atoms with Crippen LogP contribution in [0, 0.1) is 13.8 Å². The number of sulfone groups is 1. The Hall–Kier alpha value is -1.12. The highest BCUT2D eigenvalue weighted by molar-refractivity contribution is 7.92. The molecule has 1 heterocycles. The third-order valence-corrected chi connectivity index (χ3v) is 7.77. The van der Waals surface area contributed by atoms with Crippen molar-refractivity contribution in [3.05, 3.63) is 23.3 Å². The van der Waals surface area contributed by atoms with Gasteiger partial charge in [-0.15, -0.1) is 0 Å². The van der Waals surface area contributed by atoms with Crippen LogP contribution in [0.25, 0.3) is 0 Å². The second-order valence-electron chi connectivity index (χ2n) is 5.54. The number of benzene rings is 1. The lowest BCUT2D eigenvalue weighted by Crippen LogP contribution is -2.49. The number of anilines is 1. The van der Waals surface area contributed by atoms with E-state index in [0.717, 1.165) is 5.56 Å². The first-order valence-electron chi connectivity index (χ1n) is 6.63. The molecule has 1 fully saturated rings. The number of hydrogen-bond acceptors (Lipinski definition) is 5. The van der Waals surface area contributed by atoms with Crippen LogP contribution in [0.3, 0.4) is 0 Å². The van der Waals surface area contributed by atoms with Crippen LogP contribution < -0.4 is 5.73 Å². The first-order valence-corrected chi connectivity index (χ1v) is 9.90. The van der Waals surface area contributed by atoms with Crippen LogP contribution >= 0.6 is 0 Å². The van der Waals surface area contributed by atoms with Crippen molar-refractivity contribution in [2.24, 2.45) is 0 Å². The van der Waals surface area contributed by atoms with E-state index in [1.54, 1.807) is 26.8 Å². The molecule has 1 saturated heterocycles. The Morgan fingerprint density at radius 3 is 2.48 bits per heavy atom. The molecular weight excluding hydrogens is 312 g/mol. The maximum Gasteiger partial charge on any atom is 0.243 e. The van der Waals surface area contributed by atoms with E-state index < -0.39 is 25.9 Å². The molecule has 6 nitrogen and oxygen atoms in total.